The lowest BCUT2D eigenvalue weighted by molar-refractivity contribution is -0.384. The van der Waals surface area contributed by atoms with Gasteiger partial charge in [0.25, 0.3) is 11.6 Å². The number of halogens is 2. The normalized spacial score (nSPS) is 13.7. The standard InChI is InChI=1S/C12H11F2N3O3/c1-6(7-4-15-5-7)12(18)16-11-9(14)2-8(13)3-10(11)17(19)20/h2-3,15H,4-5H2,1H3,(H,16,18). The molecular formula is C12H11F2N3O3. The Hall–Kier alpha value is -2.35. The summed E-state index contributed by atoms with van der Waals surface area (Å²) in [7, 11) is 0. The Morgan fingerprint density at radius 2 is 2.05 bits per heavy atom. The second-order valence-corrected chi connectivity index (χ2v) is 4.33. The average molecular weight is 283 g/mol. The Morgan fingerprint density at radius 3 is 2.55 bits per heavy atom. The molecule has 1 aliphatic heterocycles. The van der Waals surface area contributed by atoms with E-state index >= 15 is 0 Å². The molecule has 1 saturated heterocycles. The molecule has 8 heteroatoms. The van der Waals surface area contributed by atoms with Gasteiger partial charge in [-0.25, -0.2) is 8.78 Å². The van der Waals surface area contributed by atoms with Gasteiger partial charge in [-0.15, -0.1) is 0 Å². The van der Waals surface area contributed by atoms with Crippen molar-refractivity contribution in [1.29, 1.82) is 0 Å². The van der Waals surface area contributed by atoms with Crippen LogP contribution in [0.15, 0.2) is 23.3 Å². The molecule has 1 heterocycles. The van der Waals surface area contributed by atoms with Gasteiger partial charge in [0.05, 0.1) is 11.0 Å². The number of amides is 1. The lowest BCUT2D eigenvalue weighted by atomic mass is 10.0. The van der Waals surface area contributed by atoms with Crippen molar-refractivity contribution in [1.82, 2.24) is 5.32 Å². The summed E-state index contributed by atoms with van der Waals surface area (Å²) in [6.07, 6.45) is 0. The van der Waals surface area contributed by atoms with Crippen molar-refractivity contribution >= 4 is 17.3 Å². The number of nitro benzene ring substituents is 1. The van der Waals surface area contributed by atoms with Crippen molar-refractivity contribution < 1.29 is 18.5 Å². The molecule has 106 valence electrons. The van der Waals surface area contributed by atoms with Crippen LogP contribution in [0, 0.1) is 21.7 Å². The molecular weight excluding hydrogens is 272 g/mol. The lowest BCUT2D eigenvalue weighted by Gasteiger charge is -2.21. The molecule has 1 fully saturated rings. The summed E-state index contributed by atoms with van der Waals surface area (Å²) in [5, 5.41) is 15.8. The van der Waals surface area contributed by atoms with Crippen molar-refractivity contribution in [3.63, 3.8) is 0 Å². The second kappa shape index (κ2) is 5.33. The average Bonchev–Trinajstić information content (AvgIpc) is 2.29. The Balaban J connectivity index is 2.33. The number of nitro groups is 1. The topological polar surface area (TPSA) is 84.3 Å². The highest BCUT2D eigenvalue weighted by atomic mass is 19.1. The first-order valence-corrected chi connectivity index (χ1v) is 5.74. The van der Waals surface area contributed by atoms with E-state index < -0.39 is 33.8 Å². The van der Waals surface area contributed by atoms with Gasteiger partial charge in [-0.2, -0.15) is 0 Å². The third kappa shape index (κ3) is 2.64. The van der Waals surface area contributed by atoms with Gasteiger partial charge in [-0.05, 0) is 12.5 Å². The van der Waals surface area contributed by atoms with E-state index in [1.54, 1.807) is 6.92 Å². The Morgan fingerprint density at radius 1 is 1.40 bits per heavy atom. The number of anilines is 1. The van der Waals surface area contributed by atoms with E-state index in [-0.39, 0.29) is 0 Å². The quantitative estimate of drug-likeness (QED) is 0.502. The minimum absolute atomic E-state index is 0.363. The number of nitrogens with one attached hydrogen (secondary N) is 2. The first kappa shape index (κ1) is 14.1. The summed E-state index contributed by atoms with van der Waals surface area (Å²) in [4.78, 5) is 21.7. The molecule has 1 aromatic rings. The Labute approximate surface area is 112 Å². The summed E-state index contributed by atoms with van der Waals surface area (Å²) in [5.74, 6) is -2.91. The molecule has 2 N–H and O–H groups in total. The van der Waals surface area contributed by atoms with Crippen LogP contribution in [0.25, 0.3) is 0 Å². The molecule has 0 spiro atoms. The first-order chi connectivity index (χ1) is 9.40. The highest BCUT2D eigenvalue weighted by Gasteiger charge is 2.24. The van der Waals surface area contributed by atoms with Crippen LogP contribution in [-0.4, -0.2) is 23.9 Å². The van der Waals surface area contributed by atoms with Crippen LogP contribution in [-0.2, 0) is 4.79 Å². The number of hydrogen-bond acceptors (Lipinski definition) is 4. The second-order valence-electron chi connectivity index (χ2n) is 4.33. The van der Waals surface area contributed by atoms with Gasteiger partial charge in [0.2, 0.25) is 0 Å². The fourth-order valence-corrected chi connectivity index (χ4v) is 1.71. The highest BCUT2D eigenvalue weighted by Crippen LogP contribution is 2.29. The summed E-state index contributed by atoms with van der Waals surface area (Å²) >= 11 is 0. The van der Waals surface area contributed by atoms with E-state index in [0.717, 1.165) is 5.57 Å². The Bertz CT molecular complexity index is 623. The summed E-state index contributed by atoms with van der Waals surface area (Å²) < 4.78 is 26.6. The van der Waals surface area contributed by atoms with Gasteiger partial charge in [-0.3, -0.25) is 14.9 Å². The maximum atomic E-state index is 13.6. The number of hydrogen-bond donors (Lipinski definition) is 2. The van der Waals surface area contributed by atoms with Crippen LogP contribution in [0.1, 0.15) is 6.92 Å². The highest BCUT2D eigenvalue weighted by molar-refractivity contribution is 6.05. The summed E-state index contributed by atoms with van der Waals surface area (Å²) in [6, 6.07) is 1.04. The fourth-order valence-electron chi connectivity index (χ4n) is 1.71. The van der Waals surface area contributed by atoms with E-state index in [1.807, 2.05) is 0 Å². The van der Waals surface area contributed by atoms with Crippen LogP contribution in [0.2, 0.25) is 0 Å². The zero-order valence-electron chi connectivity index (χ0n) is 10.5. The molecule has 0 bridgehead atoms. The maximum absolute atomic E-state index is 13.6. The summed E-state index contributed by atoms with van der Waals surface area (Å²) in [5.41, 5.74) is -0.247. The minimum atomic E-state index is -1.19. The minimum Gasteiger partial charge on any atom is -0.314 e. The molecule has 0 aliphatic carbocycles. The fraction of sp³-hybridized carbons (Fsp3) is 0.250. The number of benzene rings is 1. The predicted molar refractivity (Wildman–Crippen MR) is 67.2 cm³/mol. The predicted octanol–water partition coefficient (Wildman–Crippen LogP) is 1.73. The van der Waals surface area contributed by atoms with Gasteiger partial charge in [-0.1, -0.05) is 0 Å². The number of rotatable bonds is 3. The van der Waals surface area contributed by atoms with E-state index in [0.29, 0.717) is 30.8 Å². The first-order valence-electron chi connectivity index (χ1n) is 5.74. The lowest BCUT2D eigenvalue weighted by Crippen LogP contribution is -2.36. The smallest absolute Gasteiger partial charge is 0.298 e. The molecule has 0 unspecified atom stereocenters. The van der Waals surface area contributed by atoms with Crippen LogP contribution in [0.5, 0.6) is 0 Å². The van der Waals surface area contributed by atoms with Crippen molar-refractivity contribution in [2.24, 2.45) is 0 Å². The molecule has 1 amide bonds. The number of carbonyl (C=O) groups excluding carboxylic acids is 1. The zero-order chi connectivity index (χ0) is 14.9. The number of nitrogens with zero attached hydrogens (tertiary/aromatic N) is 1. The molecule has 0 aromatic heterocycles. The van der Waals surface area contributed by atoms with Crippen molar-refractivity contribution in [2.45, 2.75) is 6.92 Å². The third-order valence-electron chi connectivity index (χ3n) is 3.02. The molecule has 1 aromatic carbocycles. The molecule has 6 nitrogen and oxygen atoms in total. The maximum Gasteiger partial charge on any atom is 0.298 e. The van der Waals surface area contributed by atoms with Gasteiger partial charge in [0.15, 0.2) is 11.5 Å². The zero-order valence-corrected chi connectivity index (χ0v) is 10.5. The van der Waals surface area contributed by atoms with E-state index in [9.17, 15) is 23.7 Å². The monoisotopic (exact) mass is 283 g/mol. The molecule has 20 heavy (non-hydrogen) atoms. The molecule has 0 saturated carbocycles. The molecule has 1 aliphatic rings. The largest absolute Gasteiger partial charge is 0.314 e. The van der Waals surface area contributed by atoms with Gasteiger partial charge in [0.1, 0.15) is 5.82 Å². The SMILES string of the molecule is CC(C(=O)Nc1c(F)cc(F)cc1[N+](=O)[O-])=C1CNC1. The van der Waals surface area contributed by atoms with Gasteiger partial charge < -0.3 is 10.6 Å². The third-order valence-corrected chi connectivity index (χ3v) is 3.02. The van der Waals surface area contributed by atoms with Crippen molar-refractivity contribution in [3.8, 4) is 0 Å². The van der Waals surface area contributed by atoms with E-state index in [4.69, 9.17) is 0 Å². The van der Waals surface area contributed by atoms with Gasteiger partial charge in [0, 0.05) is 24.7 Å². The van der Waals surface area contributed by atoms with Crippen molar-refractivity contribution in [3.05, 3.63) is 45.0 Å². The van der Waals surface area contributed by atoms with Crippen LogP contribution >= 0.6 is 0 Å². The van der Waals surface area contributed by atoms with Gasteiger partial charge >= 0.3 is 0 Å². The van der Waals surface area contributed by atoms with E-state index in [1.165, 1.54) is 0 Å². The van der Waals surface area contributed by atoms with Crippen molar-refractivity contribution in [2.75, 3.05) is 18.4 Å². The van der Waals surface area contributed by atoms with Crippen LogP contribution in [0.4, 0.5) is 20.2 Å². The molecule has 2 rings (SSSR count). The summed E-state index contributed by atoms with van der Waals surface area (Å²) in [6.45, 7) is 2.64. The Kier molecular flexibility index (Phi) is 3.75. The van der Waals surface area contributed by atoms with Crippen LogP contribution in [0.3, 0.4) is 0 Å². The van der Waals surface area contributed by atoms with E-state index in [2.05, 4.69) is 10.6 Å². The molecule has 0 atom stereocenters. The van der Waals surface area contributed by atoms with Crippen LogP contribution < -0.4 is 10.6 Å². The number of carbonyl (C=O) groups is 1. The molecule has 0 radical (unpaired) electrons.